The van der Waals surface area contributed by atoms with Crippen molar-refractivity contribution < 1.29 is 0 Å². The molecule has 0 aromatic carbocycles. The van der Waals surface area contributed by atoms with Gasteiger partial charge in [0.2, 0.25) is 0 Å². The SMILES string of the molecule is CNC(c1ccccn1)c1cscc1Br. The minimum Gasteiger partial charge on any atom is -0.308 e. The number of hydrogen-bond acceptors (Lipinski definition) is 3. The van der Waals surface area contributed by atoms with Gasteiger partial charge < -0.3 is 5.32 Å². The van der Waals surface area contributed by atoms with Crippen LogP contribution in [-0.4, -0.2) is 12.0 Å². The first-order valence-electron chi connectivity index (χ1n) is 4.62. The zero-order valence-electron chi connectivity index (χ0n) is 8.27. The molecule has 4 heteroatoms. The minimum absolute atomic E-state index is 0.159. The molecule has 2 aromatic rings. The first kappa shape index (κ1) is 10.8. The number of halogens is 1. The molecule has 0 spiro atoms. The van der Waals surface area contributed by atoms with Crippen LogP contribution in [0.4, 0.5) is 0 Å². The van der Waals surface area contributed by atoms with Crippen molar-refractivity contribution in [2.45, 2.75) is 6.04 Å². The Labute approximate surface area is 101 Å². The first-order chi connectivity index (χ1) is 7.33. The summed E-state index contributed by atoms with van der Waals surface area (Å²) in [5.74, 6) is 0. The van der Waals surface area contributed by atoms with Crippen LogP contribution in [0, 0.1) is 0 Å². The van der Waals surface area contributed by atoms with Crippen molar-refractivity contribution in [2.75, 3.05) is 7.05 Å². The van der Waals surface area contributed by atoms with Gasteiger partial charge in [-0.2, -0.15) is 11.3 Å². The number of nitrogens with one attached hydrogen (secondary N) is 1. The van der Waals surface area contributed by atoms with E-state index in [2.05, 4.69) is 37.0 Å². The molecule has 2 heterocycles. The summed E-state index contributed by atoms with van der Waals surface area (Å²) < 4.78 is 1.14. The Balaban J connectivity index is 2.37. The molecule has 1 unspecified atom stereocenters. The van der Waals surface area contributed by atoms with Gasteiger partial charge in [-0.05, 0) is 46.1 Å². The smallest absolute Gasteiger partial charge is 0.0768 e. The van der Waals surface area contributed by atoms with Crippen molar-refractivity contribution in [1.82, 2.24) is 10.3 Å². The van der Waals surface area contributed by atoms with Gasteiger partial charge in [0.1, 0.15) is 0 Å². The van der Waals surface area contributed by atoms with Gasteiger partial charge in [-0.1, -0.05) is 6.07 Å². The first-order valence-corrected chi connectivity index (χ1v) is 6.36. The number of thiophene rings is 1. The fourth-order valence-electron chi connectivity index (χ4n) is 1.51. The van der Waals surface area contributed by atoms with Crippen molar-refractivity contribution >= 4 is 27.3 Å². The topological polar surface area (TPSA) is 24.9 Å². The summed E-state index contributed by atoms with van der Waals surface area (Å²) in [6.45, 7) is 0. The average Bonchev–Trinajstić information content (AvgIpc) is 2.68. The Kier molecular flexibility index (Phi) is 3.51. The zero-order chi connectivity index (χ0) is 10.7. The summed E-state index contributed by atoms with van der Waals surface area (Å²) >= 11 is 5.24. The molecule has 0 aliphatic rings. The molecule has 2 rings (SSSR count). The quantitative estimate of drug-likeness (QED) is 0.935. The molecular formula is C11H11BrN2S. The third-order valence-corrected chi connectivity index (χ3v) is 3.98. The second-order valence-corrected chi connectivity index (χ2v) is 4.75. The van der Waals surface area contributed by atoms with E-state index >= 15 is 0 Å². The molecule has 0 aliphatic carbocycles. The molecular weight excluding hydrogens is 272 g/mol. The summed E-state index contributed by atoms with van der Waals surface area (Å²) in [5, 5.41) is 7.50. The van der Waals surface area contributed by atoms with Gasteiger partial charge in [0.25, 0.3) is 0 Å². The van der Waals surface area contributed by atoms with Crippen LogP contribution >= 0.6 is 27.3 Å². The molecule has 0 saturated heterocycles. The van der Waals surface area contributed by atoms with Gasteiger partial charge in [-0.25, -0.2) is 0 Å². The van der Waals surface area contributed by atoms with Crippen molar-refractivity contribution in [3.63, 3.8) is 0 Å². The van der Waals surface area contributed by atoms with E-state index in [1.54, 1.807) is 11.3 Å². The highest BCUT2D eigenvalue weighted by Gasteiger charge is 2.16. The highest BCUT2D eigenvalue weighted by molar-refractivity contribution is 9.10. The molecule has 0 bridgehead atoms. The molecule has 0 aliphatic heterocycles. The maximum Gasteiger partial charge on any atom is 0.0768 e. The number of nitrogens with zero attached hydrogens (tertiary/aromatic N) is 1. The van der Waals surface area contributed by atoms with Crippen molar-refractivity contribution in [1.29, 1.82) is 0 Å². The van der Waals surface area contributed by atoms with Gasteiger partial charge >= 0.3 is 0 Å². The Morgan fingerprint density at radius 3 is 2.80 bits per heavy atom. The molecule has 15 heavy (non-hydrogen) atoms. The second-order valence-electron chi connectivity index (χ2n) is 3.15. The zero-order valence-corrected chi connectivity index (χ0v) is 10.7. The van der Waals surface area contributed by atoms with E-state index < -0.39 is 0 Å². The van der Waals surface area contributed by atoms with Crippen LogP contribution in [-0.2, 0) is 0 Å². The van der Waals surface area contributed by atoms with Crippen LogP contribution in [0.1, 0.15) is 17.3 Å². The van der Waals surface area contributed by atoms with Crippen LogP contribution in [0.3, 0.4) is 0 Å². The number of pyridine rings is 1. The molecule has 0 fully saturated rings. The predicted molar refractivity (Wildman–Crippen MR) is 67.2 cm³/mol. The lowest BCUT2D eigenvalue weighted by Gasteiger charge is -2.14. The van der Waals surface area contributed by atoms with E-state index in [0.29, 0.717) is 0 Å². The van der Waals surface area contributed by atoms with E-state index in [0.717, 1.165) is 10.2 Å². The monoisotopic (exact) mass is 282 g/mol. The fraction of sp³-hybridized carbons (Fsp3) is 0.182. The summed E-state index contributed by atoms with van der Waals surface area (Å²) in [5.41, 5.74) is 2.28. The number of aromatic nitrogens is 1. The van der Waals surface area contributed by atoms with Crippen LogP contribution in [0.25, 0.3) is 0 Å². The normalized spacial score (nSPS) is 12.7. The standard InChI is InChI=1S/C11H11BrN2S/c1-13-11(8-6-15-7-9(8)12)10-4-2-3-5-14-10/h2-7,11,13H,1H3. The molecule has 1 atom stereocenters. The summed E-state index contributed by atoms with van der Waals surface area (Å²) in [6, 6.07) is 6.13. The molecule has 0 radical (unpaired) electrons. The minimum atomic E-state index is 0.159. The number of hydrogen-bond donors (Lipinski definition) is 1. The third kappa shape index (κ3) is 2.27. The molecule has 2 nitrogen and oxygen atoms in total. The summed E-state index contributed by atoms with van der Waals surface area (Å²) in [4.78, 5) is 4.37. The van der Waals surface area contributed by atoms with E-state index in [1.165, 1.54) is 5.56 Å². The maximum atomic E-state index is 4.37. The third-order valence-electron chi connectivity index (χ3n) is 2.23. The van der Waals surface area contributed by atoms with E-state index in [1.807, 2.05) is 31.4 Å². The van der Waals surface area contributed by atoms with Gasteiger partial charge in [0.15, 0.2) is 0 Å². The second kappa shape index (κ2) is 4.88. The molecule has 1 N–H and O–H groups in total. The van der Waals surface area contributed by atoms with Crippen molar-refractivity contribution in [2.24, 2.45) is 0 Å². The van der Waals surface area contributed by atoms with E-state index in [4.69, 9.17) is 0 Å². The average molecular weight is 283 g/mol. The lowest BCUT2D eigenvalue weighted by molar-refractivity contribution is 0.671. The maximum absolute atomic E-state index is 4.37. The molecule has 78 valence electrons. The fourth-order valence-corrected chi connectivity index (χ4v) is 3.06. The van der Waals surface area contributed by atoms with Gasteiger partial charge in [-0.3, -0.25) is 4.98 Å². The summed E-state index contributed by atoms with van der Waals surface area (Å²) in [7, 11) is 1.95. The van der Waals surface area contributed by atoms with E-state index in [9.17, 15) is 0 Å². The van der Waals surface area contributed by atoms with Crippen LogP contribution < -0.4 is 5.32 Å². The van der Waals surface area contributed by atoms with E-state index in [-0.39, 0.29) is 6.04 Å². The predicted octanol–water partition coefficient (Wildman–Crippen LogP) is 3.21. The number of rotatable bonds is 3. The lowest BCUT2D eigenvalue weighted by atomic mass is 10.1. The summed E-state index contributed by atoms with van der Waals surface area (Å²) in [6.07, 6.45) is 1.82. The van der Waals surface area contributed by atoms with Crippen LogP contribution in [0.15, 0.2) is 39.6 Å². The van der Waals surface area contributed by atoms with Gasteiger partial charge in [-0.15, -0.1) is 0 Å². The Morgan fingerprint density at radius 2 is 2.27 bits per heavy atom. The van der Waals surface area contributed by atoms with Gasteiger partial charge in [0.05, 0.1) is 11.7 Å². The van der Waals surface area contributed by atoms with Gasteiger partial charge in [0, 0.05) is 16.0 Å². The Morgan fingerprint density at radius 1 is 1.40 bits per heavy atom. The van der Waals surface area contributed by atoms with Crippen molar-refractivity contribution in [3.8, 4) is 0 Å². The lowest BCUT2D eigenvalue weighted by Crippen LogP contribution is -2.18. The highest BCUT2D eigenvalue weighted by atomic mass is 79.9. The van der Waals surface area contributed by atoms with Crippen LogP contribution in [0.5, 0.6) is 0 Å². The highest BCUT2D eigenvalue weighted by Crippen LogP contribution is 2.30. The Hall–Kier alpha value is -0.710. The Bertz CT molecular complexity index is 427. The molecule has 0 saturated carbocycles. The molecule has 2 aromatic heterocycles. The molecule has 0 amide bonds. The van der Waals surface area contributed by atoms with Crippen molar-refractivity contribution in [3.05, 3.63) is 50.9 Å². The largest absolute Gasteiger partial charge is 0.308 e. The van der Waals surface area contributed by atoms with Crippen LogP contribution in [0.2, 0.25) is 0 Å².